The highest BCUT2D eigenvalue weighted by Gasteiger charge is 2.29. The number of carboxylic acid groups (broad SMARTS) is 1. The number of aromatic nitrogens is 1. The van der Waals surface area contributed by atoms with Crippen LogP contribution in [0.3, 0.4) is 0 Å². The van der Waals surface area contributed by atoms with E-state index in [-0.39, 0.29) is 24.4 Å². The highest BCUT2D eigenvalue weighted by molar-refractivity contribution is 7.91. The number of furan rings is 1. The number of hydrogen-bond acceptors (Lipinski definition) is 6. The molecule has 1 N–H and O–H groups in total. The Morgan fingerprint density at radius 3 is 2.61 bits per heavy atom. The van der Waals surface area contributed by atoms with E-state index in [1.54, 1.807) is 48.7 Å². The number of rotatable bonds is 9. The third kappa shape index (κ3) is 5.91. The highest BCUT2D eigenvalue weighted by atomic mass is 32.2. The van der Waals surface area contributed by atoms with Crippen molar-refractivity contribution in [2.24, 2.45) is 4.40 Å². The molecule has 0 unspecified atom stereocenters. The van der Waals surface area contributed by atoms with E-state index < -0.39 is 27.4 Å². The van der Waals surface area contributed by atoms with Crippen LogP contribution in [0.4, 0.5) is 4.39 Å². The summed E-state index contributed by atoms with van der Waals surface area (Å²) in [7, 11) is -3.98. The van der Waals surface area contributed by atoms with E-state index in [2.05, 4.69) is 9.38 Å². The van der Waals surface area contributed by atoms with Crippen LogP contribution < -0.4 is 4.74 Å². The maximum atomic E-state index is 13.9. The zero-order valence-electron chi connectivity index (χ0n) is 21.1. The van der Waals surface area contributed by atoms with E-state index in [0.717, 1.165) is 10.9 Å². The Balaban J connectivity index is 1.71. The molecule has 8 nitrogen and oxygen atoms in total. The molecule has 4 rings (SSSR count). The summed E-state index contributed by atoms with van der Waals surface area (Å²) in [5.41, 5.74) is 3.04. The molecular formula is C28H27FN2O6S. The lowest BCUT2D eigenvalue weighted by Gasteiger charge is -2.16. The molecule has 2 heterocycles. The first kappa shape index (κ1) is 27.0. The summed E-state index contributed by atoms with van der Waals surface area (Å²) in [5, 5.41) is 9.98. The van der Waals surface area contributed by atoms with Crippen LogP contribution >= 0.6 is 0 Å². The standard InChI is InChI=1S/C28H27FN2O6S/c1-28(2,3)38(34,35)31-24(16-29)23-14-19(8-10-30-23)22-13-18(12-21-9-11-36-27(21)22)17-37-25-7-5-4-6-20(25)15-26(32)33/h4-14H,15-17H2,1-3H3,(H,32,33). The Kier molecular flexibility index (Phi) is 7.63. The molecule has 10 heteroatoms. The number of carboxylic acids is 1. The van der Waals surface area contributed by atoms with Crippen LogP contribution in [0.25, 0.3) is 22.1 Å². The number of ether oxygens (including phenoxy) is 1. The fourth-order valence-corrected chi connectivity index (χ4v) is 4.44. The number of hydrogen-bond donors (Lipinski definition) is 1. The second-order valence-corrected chi connectivity index (χ2v) is 12.0. The van der Waals surface area contributed by atoms with Crippen LogP contribution in [0.15, 0.2) is 75.9 Å². The molecule has 0 aliphatic carbocycles. The molecule has 2 aromatic heterocycles. The number of aliphatic carboxylic acids is 1. The zero-order chi connectivity index (χ0) is 27.5. The molecular weight excluding hydrogens is 511 g/mol. The van der Waals surface area contributed by atoms with Gasteiger partial charge in [0, 0.05) is 22.7 Å². The van der Waals surface area contributed by atoms with E-state index in [0.29, 0.717) is 28.0 Å². The number of alkyl halides is 1. The minimum atomic E-state index is -3.98. The van der Waals surface area contributed by atoms with E-state index in [4.69, 9.17) is 9.15 Å². The van der Waals surface area contributed by atoms with Gasteiger partial charge in [-0.15, -0.1) is 0 Å². The third-order valence-corrected chi connectivity index (χ3v) is 7.83. The van der Waals surface area contributed by atoms with Gasteiger partial charge in [0.25, 0.3) is 10.0 Å². The van der Waals surface area contributed by atoms with Crippen molar-refractivity contribution in [2.45, 2.75) is 38.5 Å². The van der Waals surface area contributed by atoms with Gasteiger partial charge in [0.1, 0.15) is 30.3 Å². The maximum absolute atomic E-state index is 13.9. The lowest BCUT2D eigenvalue weighted by Crippen LogP contribution is -2.27. The van der Waals surface area contributed by atoms with E-state index in [1.807, 2.05) is 12.1 Å². The fourth-order valence-electron chi connectivity index (χ4n) is 3.73. The molecule has 0 saturated heterocycles. The van der Waals surface area contributed by atoms with Crippen LogP contribution in [-0.4, -0.2) is 41.6 Å². The number of carbonyl (C=O) groups is 1. The predicted octanol–water partition coefficient (Wildman–Crippen LogP) is 5.59. The number of nitrogens with zero attached hydrogens (tertiary/aromatic N) is 2. The minimum Gasteiger partial charge on any atom is -0.489 e. The number of sulfonamides is 1. The van der Waals surface area contributed by atoms with Gasteiger partial charge in [0.2, 0.25) is 0 Å². The normalized spacial score (nSPS) is 12.6. The molecule has 0 spiro atoms. The van der Waals surface area contributed by atoms with Crippen LogP contribution in [-0.2, 0) is 27.8 Å². The van der Waals surface area contributed by atoms with Gasteiger partial charge in [-0.05, 0) is 68.3 Å². The number of para-hydroxylation sites is 1. The summed E-state index contributed by atoms with van der Waals surface area (Å²) in [6, 6.07) is 15.8. The molecule has 0 atom stereocenters. The van der Waals surface area contributed by atoms with Gasteiger partial charge >= 0.3 is 5.97 Å². The van der Waals surface area contributed by atoms with Gasteiger partial charge < -0.3 is 14.3 Å². The monoisotopic (exact) mass is 538 g/mol. The van der Waals surface area contributed by atoms with Gasteiger partial charge in [0.15, 0.2) is 0 Å². The number of fused-ring (bicyclic) bond motifs is 1. The van der Waals surface area contributed by atoms with Crippen LogP contribution in [0.2, 0.25) is 0 Å². The topological polar surface area (TPSA) is 119 Å². The lowest BCUT2D eigenvalue weighted by molar-refractivity contribution is -0.136. The minimum absolute atomic E-state index is 0.0989. The van der Waals surface area contributed by atoms with Gasteiger partial charge in [-0.25, -0.2) is 12.8 Å². The van der Waals surface area contributed by atoms with Crippen molar-refractivity contribution in [2.75, 3.05) is 6.67 Å². The summed E-state index contributed by atoms with van der Waals surface area (Å²) in [6.07, 6.45) is 2.85. The second-order valence-electron chi connectivity index (χ2n) is 9.64. The average Bonchev–Trinajstić information content (AvgIpc) is 3.34. The van der Waals surface area contributed by atoms with Gasteiger partial charge in [-0.3, -0.25) is 9.78 Å². The lowest BCUT2D eigenvalue weighted by atomic mass is 10.00. The molecule has 0 fully saturated rings. The first-order valence-electron chi connectivity index (χ1n) is 11.8. The van der Waals surface area contributed by atoms with Gasteiger partial charge in [-0.2, -0.15) is 4.40 Å². The summed E-state index contributed by atoms with van der Waals surface area (Å²) >= 11 is 0. The van der Waals surface area contributed by atoms with Crippen molar-refractivity contribution in [3.63, 3.8) is 0 Å². The van der Waals surface area contributed by atoms with Crippen molar-refractivity contribution in [1.29, 1.82) is 0 Å². The Morgan fingerprint density at radius 2 is 1.89 bits per heavy atom. The Bertz CT molecular complexity index is 1620. The van der Waals surface area contributed by atoms with Crippen LogP contribution in [0, 0.1) is 0 Å². The van der Waals surface area contributed by atoms with Crippen molar-refractivity contribution in [3.05, 3.63) is 83.9 Å². The molecule has 0 aliphatic heterocycles. The maximum Gasteiger partial charge on any atom is 0.307 e. The first-order chi connectivity index (χ1) is 18.0. The molecule has 4 aromatic rings. The SMILES string of the molecule is CC(C)(C)S(=O)(=O)N=C(CF)c1cc(-c2cc(COc3ccccc3CC(=O)O)cc3ccoc23)ccn1. The highest BCUT2D eigenvalue weighted by Crippen LogP contribution is 2.32. The van der Waals surface area contributed by atoms with E-state index in [9.17, 15) is 22.7 Å². The van der Waals surface area contributed by atoms with Crippen molar-refractivity contribution < 1.29 is 31.9 Å². The Morgan fingerprint density at radius 1 is 1.13 bits per heavy atom. The average molecular weight is 539 g/mol. The second kappa shape index (κ2) is 10.7. The molecule has 38 heavy (non-hydrogen) atoms. The number of pyridine rings is 1. The smallest absolute Gasteiger partial charge is 0.307 e. The quantitative estimate of drug-likeness (QED) is 0.276. The van der Waals surface area contributed by atoms with E-state index in [1.165, 1.54) is 27.0 Å². The van der Waals surface area contributed by atoms with Crippen molar-refractivity contribution >= 4 is 32.7 Å². The molecule has 0 bridgehead atoms. The molecule has 0 radical (unpaired) electrons. The van der Waals surface area contributed by atoms with Crippen LogP contribution in [0.5, 0.6) is 5.75 Å². The fraction of sp³-hybridized carbons (Fsp3) is 0.250. The zero-order valence-corrected chi connectivity index (χ0v) is 22.0. The summed E-state index contributed by atoms with van der Waals surface area (Å²) in [6.45, 7) is 3.53. The van der Waals surface area contributed by atoms with Gasteiger partial charge in [0.05, 0.1) is 23.1 Å². The number of benzene rings is 2. The predicted molar refractivity (Wildman–Crippen MR) is 143 cm³/mol. The van der Waals surface area contributed by atoms with Crippen molar-refractivity contribution in [3.8, 4) is 16.9 Å². The third-order valence-electron chi connectivity index (χ3n) is 5.82. The molecule has 0 aliphatic rings. The Labute approximate surface area is 219 Å². The van der Waals surface area contributed by atoms with Crippen LogP contribution in [0.1, 0.15) is 37.6 Å². The summed E-state index contributed by atoms with van der Waals surface area (Å²) < 4.78 is 53.3. The Hall–Kier alpha value is -4.05. The molecule has 2 aromatic carbocycles. The van der Waals surface area contributed by atoms with Gasteiger partial charge in [-0.1, -0.05) is 18.2 Å². The summed E-state index contributed by atoms with van der Waals surface area (Å²) in [4.78, 5) is 15.4. The van der Waals surface area contributed by atoms with Crippen molar-refractivity contribution in [1.82, 2.24) is 4.98 Å². The summed E-state index contributed by atoms with van der Waals surface area (Å²) in [5.74, 6) is -0.484. The molecule has 198 valence electrons. The number of halogens is 1. The molecule has 0 amide bonds. The van der Waals surface area contributed by atoms with E-state index >= 15 is 0 Å². The first-order valence-corrected chi connectivity index (χ1v) is 13.2. The molecule has 0 saturated carbocycles. The largest absolute Gasteiger partial charge is 0.489 e.